The van der Waals surface area contributed by atoms with Crippen molar-refractivity contribution in [2.24, 2.45) is 0 Å². The lowest BCUT2D eigenvalue weighted by atomic mass is 10.2. The standard InChI is InChI=1S/C12H8ClN3/c13-11-12-15-8-10(16(12)7-6-14-11)9-4-2-1-3-5-9/h1-8H. The fourth-order valence-corrected chi connectivity index (χ4v) is 1.91. The van der Waals surface area contributed by atoms with Crippen LogP contribution in [0.15, 0.2) is 48.9 Å². The molecule has 0 aliphatic carbocycles. The Morgan fingerprint density at radius 2 is 1.88 bits per heavy atom. The third-order valence-corrected chi connectivity index (χ3v) is 2.72. The van der Waals surface area contributed by atoms with Crippen molar-refractivity contribution >= 4 is 17.2 Å². The van der Waals surface area contributed by atoms with Gasteiger partial charge in [0.05, 0.1) is 11.9 Å². The molecule has 2 heterocycles. The molecule has 16 heavy (non-hydrogen) atoms. The molecule has 0 spiro atoms. The number of aromatic nitrogens is 3. The molecule has 1 aromatic carbocycles. The number of hydrogen-bond donors (Lipinski definition) is 0. The summed E-state index contributed by atoms with van der Waals surface area (Å²) in [6, 6.07) is 10.1. The number of nitrogens with zero attached hydrogens (tertiary/aromatic N) is 3. The van der Waals surface area contributed by atoms with Crippen LogP contribution in [0.25, 0.3) is 16.9 Å². The van der Waals surface area contributed by atoms with Crippen LogP contribution in [0.2, 0.25) is 5.15 Å². The third kappa shape index (κ3) is 1.37. The van der Waals surface area contributed by atoms with Gasteiger partial charge in [-0.15, -0.1) is 0 Å². The van der Waals surface area contributed by atoms with E-state index >= 15 is 0 Å². The van der Waals surface area contributed by atoms with Gasteiger partial charge in [-0.3, -0.25) is 4.40 Å². The van der Waals surface area contributed by atoms with Crippen LogP contribution < -0.4 is 0 Å². The Balaban J connectivity index is 2.30. The highest BCUT2D eigenvalue weighted by Gasteiger charge is 2.07. The summed E-state index contributed by atoms with van der Waals surface area (Å²) < 4.78 is 1.94. The van der Waals surface area contributed by atoms with Gasteiger partial charge >= 0.3 is 0 Å². The third-order valence-electron chi connectivity index (χ3n) is 2.45. The summed E-state index contributed by atoms with van der Waals surface area (Å²) in [4.78, 5) is 8.26. The first-order chi connectivity index (χ1) is 7.86. The van der Waals surface area contributed by atoms with Crippen LogP contribution in [-0.2, 0) is 0 Å². The highest BCUT2D eigenvalue weighted by Crippen LogP contribution is 2.22. The monoisotopic (exact) mass is 229 g/mol. The van der Waals surface area contributed by atoms with Crippen molar-refractivity contribution in [2.75, 3.05) is 0 Å². The first-order valence-corrected chi connectivity index (χ1v) is 5.27. The summed E-state index contributed by atoms with van der Waals surface area (Å²) in [5, 5.41) is 0.421. The Labute approximate surface area is 97.3 Å². The summed E-state index contributed by atoms with van der Waals surface area (Å²) in [6.07, 6.45) is 5.33. The minimum absolute atomic E-state index is 0.421. The van der Waals surface area contributed by atoms with Crippen molar-refractivity contribution in [2.45, 2.75) is 0 Å². The minimum atomic E-state index is 0.421. The van der Waals surface area contributed by atoms with Gasteiger partial charge in [-0.2, -0.15) is 0 Å². The SMILES string of the molecule is Clc1nccn2c(-c3ccccc3)cnc12. The van der Waals surface area contributed by atoms with Crippen molar-refractivity contribution < 1.29 is 0 Å². The molecule has 0 aliphatic rings. The minimum Gasteiger partial charge on any atom is -0.296 e. The van der Waals surface area contributed by atoms with Crippen LogP contribution in [0.5, 0.6) is 0 Å². The molecule has 0 radical (unpaired) electrons. The molecule has 2 aromatic heterocycles. The predicted octanol–water partition coefficient (Wildman–Crippen LogP) is 3.05. The van der Waals surface area contributed by atoms with E-state index in [1.54, 1.807) is 12.4 Å². The molecular weight excluding hydrogens is 222 g/mol. The highest BCUT2D eigenvalue weighted by molar-refractivity contribution is 6.32. The average molecular weight is 230 g/mol. The van der Waals surface area contributed by atoms with E-state index in [0.717, 1.165) is 11.3 Å². The van der Waals surface area contributed by atoms with Crippen molar-refractivity contribution in [3.05, 3.63) is 54.1 Å². The lowest BCUT2D eigenvalue weighted by Crippen LogP contribution is -1.89. The fourth-order valence-electron chi connectivity index (χ4n) is 1.71. The number of hydrogen-bond acceptors (Lipinski definition) is 2. The van der Waals surface area contributed by atoms with Crippen molar-refractivity contribution in [1.29, 1.82) is 0 Å². The van der Waals surface area contributed by atoms with Gasteiger partial charge in [-0.1, -0.05) is 41.9 Å². The smallest absolute Gasteiger partial charge is 0.175 e. The molecular formula is C12H8ClN3. The average Bonchev–Trinajstić information content (AvgIpc) is 2.75. The van der Waals surface area contributed by atoms with Crippen LogP contribution in [0.1, 0.15) is 0 Å². The lowest BCUT2D eigenvalue weighted by Gasteiger charge is -2.01. The van der Waals surface area contributed by atoms with Crippen molar-refractivity contribution in [3.8, 4) is 11.3 Å². The quantitative estimate of drug-likeness (QED) is 0.642. The summed E-state index contributed by atoms with van der Waals surface area (Å²) in [5.74, 6) is 0. The largest absolute Gasteiger partial charge is 0.296 e. The van der Waals surface area contributed by atoms with Crippen LogP contribution >= 0.6 is 11.6 Å². The van der Waals surface area contributed by atoms with Gasteiger partial charge < -0.3 is 0 Å². The number of fused-ring (bicyclic) bond motifs is 1. The van der Waals surface area contributed by atoms with Crippen LogP contribution in [0.4, 0.5) is 0 Å². The van der Waals surface area contributed by atoms with Crippen molar-refractivity contribution in [1.82, 2.24) is 14.4 Å². The molecule has 0 amide bonds. The first-order valence-electron chi connectivity index (χ1n) is 4.89. The molecule has 0 aliphatic heterocycles. The van der Waals surface area contributed by atoms with Crippen molar-refractivity contribution in [3.63, 3.8) is 0 Å². The zero-order chi connectivity index (χ0) is 11.0. The normalized spacial score (nSPS) is 10.8. The first kappa shape index (κ1) is 9.36. The second kappa shape index (κ2) is 3.61. The van der Waals surface area contributed by atoms with Crippen LogP contribution in [-0.4, -0.2) is 14.4 Å². The van der Waals surface area contributed by atoms with Gasteiger partial charge in [0.1, 0.15) is 0 Å². The van der Waals surface area contributed by atoms with Gasteiger partial charge in [0.15, 0.2) is 10.8 Å². The number of halogens is 1. The van der Waals surface area contributed by atoms with Gasteiger partial charge in [0.25, 0.3) is 0 Å². The van der Waals surface area contributed by atoms with Gasteiger partial charge in [-0.05, 0) is 0 Å². The fraction of sp³-hybridized carbons (Fsp3) is 0. The molecule has 0 N–H and O–H groups in total. The van der Waals surface area contributed by atoms with Gasteiger partial charge in [0.2, 0.25) is 0 Å². The molecule has 0 unspecified atom stereocenters. The topological polar surface area (TPSA) is 30.2 Å². The molecule has 0 saturated heterocycles. The zero-order valence-electron chi connectivity index (χ0n) is 8.34. The predicted molar refractivity (Wildman–Crippen MR) is 63.4 cm³/mol. The van der Waals surface area contributed by atoms with Gasteiger partial charge in [-0.25, -0.2) is 9.97 Å². The lowest BCUT2D eigenvalue weighted by molar-refractivity contribution is 1.13. The Morgan fingerprint density at radius 1 is 1.06 bits per heavy atom. The molecule has 0 bridgehead atoms. The van der Waals surface area contributed by atoms with Gasteiger partial charge in [0, 0.05) is 18.0 Å². The van der Waals surface area contributed by atoms with E-state index in [1.165, 1.54) is 0 Å². The summed E-state index contributed by atoms with van der Waals surface area (Å²) in [7, 11) is 0. The molecule has 3 aromatic rings. The van der Waals surface area contributed by atoms with E-state index in [9.17, 15) is 0 Å². The van der Waals surface area contributed by atoms with Crippen LogP contribution in [0, 0.1) is 0 Å². The maximum absolute atomic E-state index is 5.96. The molecule has 3 nitrogen and oxygen atoms in total. The zero-order valence-corrected chi connectivity index (χ0v) is 9.09. The Kier molecular flexibility index (Phi) is 2.11. The number of imidazole rings is 1. The van der Waals surface area contributed by atoms with E-state index in [-0.39, 0.29) is 0 Å². The Hall–Kier alpha value is -1.87. The summed E-state index contributed by atoms with van der Waals surface area (Å²) in [5.41, 5.74) is 2.81. The molecule has 3 rings (SSSR count). The summed E-state index contributed by atoms with van der Waals surface area (Å²) >= 11 is 5.96. The van der Waals surface area contributed by atoms with E-state index < -0.39 is 0 Å². The molecule has 78 valence electrons. The maximum Gasteiger partial charge on any atom is 0.175 e. The molecule has 4 heteroatoms. The Bertz CT molecular complexity index is 631. The van der Waals surface area contributed by atoms with E-state index in [2.05, 4.69) is 9.97 Å². The molecule has 0 fully saturated rings. The highest BCUT2D eigenvalue weighted by atomic mass is 35.5. The second-order valence-electron chi connectivity index (χ2n) is 3.42. The molecule has 0 saturated carbocycles. The van der Waals surface area contributed by atoms with E-state index in [1.807, 2.05) is 40.9 Å². The van der Waals surface area contributed by atoms with E-state index in [4.69, 9.17) is 11.6 Å². The van der Waals surface area contributed by atoms with E-state index in [0.29, 0.717) is 10.8 Å². The second-order valence-corrected chi connectivity index (χ2v) is 3.78. The molecule has 0 atom stereocenters. The maximum atomic E-state index is 5.96. The number of benzene rings is 1. The summed E-state index contributed by atoms with van der Waals surface area (Å²) in [6.45, 7) is 0. The number of rotatable bonds is 1. The van der Waals surface area contributed by atoms with Crippen LogP contribution in [0.3, 0.4) is 0 Å². The Morgan fingerprint density at radius 3 is 2.69 bits per heavy atom.